The lowest BCUT2D eigenvalue weighted by Gasteiger charge is -2.09. The molecule has 0 unspecified atom stereocenters. The lowest BCUT2D eigenvalue weighted by molar-refractivity contribution is -0.120. The van der Waals surface area contributed by atoms with Gasteiger partial charge < -0.3 is 4.74 Å². The fraction of sp³-hybridized carbons (Fsp3) is 0.125. The van der Waals surface area contributed by atoms with Crippen molar-refractivity contribution >= 4 is 15.9 Å². The number of benzene rings is 1. The van der Waals surface area contributed by atoms with E-state index in [-0.39, 0.29) is 5.75 Å². The molecule has 12 heteroatoms. The van der Waals surface area contributed by atoms with Crippen LogP contribution in [0.3, 0.4) is 0 Å². The van der Waals surface area contributed by atoms with E-state index in [1.165, 1.54) is 18.3 Å². The quantitative estimate of drug-likeness (QED) is 0.628. The van der Waals surface area contributed by atoms with Gasteiger partial charge in [-0.05, 0) is 24.3 Å². The second kappa shape index (κ2) is 8.08. The van der Waals surface area contributed by atoms with Crippen LogP contribution in [0, 0.1) is 0 Å². The first-order valence-electron chi connectivity index (χ1n) is 7.75. The number of pyridine rings is 1. The molecule has 0 fully saturated rings. The molecular formula is C16H13F2N5O4S. The van der Waals surface area contributed by atoms with Gasteiger partial charge in [-0.1, -0.05) is 17.3 Å². The Morgan fingerprint density at radius 2 is 2.00 bits per heavy atom. The van der Waals surface area contributed by atoms with E-state index >= 15 is 0 Å². The summed E-state index contributed by atoms with van der Waals surface area (Å²) in [5.74, 6) is -1.24. The van der Waals surface area contributed by atoms with Gasteiger partial charge >= 0.3 is 6.61 Å². The van der Waals surface area contributed by atoms with E-state index in [0.29, 0.717) is 11.4 Å². The van der Waals surface area contributed by atoms with Crippen molar-refractivity contribution in [3.8, 4) is 17.1 Å². The molecule has 0 bridgehead atoms. The summed E-state index contributed by atoms with van der Waals surface area (Å²) >= 11 is 0. The number of carbonyl (C=O) groups is 1. The third-order valence-corrected chi connectivity index (χ3v) is 4.73. The number of hydrogen-bond donors (Lipinski definition) is 1. The van der Waals surface area contributed by atoms with Crippen LogP contribution in [0.25, 0.3) is 11.4 Å². The molecule has 0 spiro atoms. The molecule has 0 aliphatic rings. The normalized spacial score (nSPS) is 11.4. The molecule has 1 aromatic carbocycles. The zero-order valence-electron chi connectivity index (χ0n) is 14.1. The minimum atomic E-state index is -4.28. The molecule has 0 saturated carbocycles. The van der Waals surface area contributed by atoms with E-state index in [1.807, 2.05) is 4.72 Å². The highest BCUT2D eigenvalue weighted by Gasteiger charge is 2.19. The molecule has 0 radical (unpaired) electrons. The molecule has 28 heavy (non-hydrogen) atoms. The number of nitrogens with zero attached hydrogens (tertiary/aromatic N) is 4. The minimum Gasteiger partial charge on any atom is -0.435 e. The Kier molecular flexibility index (Phi) is 5.59. The predicted octanol–water partition coefficient (Wildman–Crippen LogP) is 1.45. The van der Waals surface area contributed by atoms with Crippen LogP contribution in [-0.2, 0) is 21.4 Å². The number of ether oxygens (including phenoxy) is 1. The van der Waals surface area contributed by atoms with Gasteiger partial charge in [0.25, 0.3) is 15.9 Å². The van der Waals surface area contributed by atoms with Gasteiger partial charge in [0, 0.05) is 12.3 Å². The first-order chi connectivity index (χ1) is 13.3. The molecule has 1 amide bonds. The first kappa shape index (κ1) is 19.4. The monoisotopic (exact) mass is 409 g/mol. The SMILES string of the molecule is O=C(Cn1cc(-c2ccccn2)nn1)NS(=O)(=O)c1cccc(OC(F)F)c1. The number of rotatable bonds is 7. The zero-order chi connectivity index (χ0) is 20.1. The van der Waals surface area contributed by atoms with Crippen LogP contribution >= 0.6 is 0 Å². The highest BCUT2D eigenvalue weighted by Crippen LogP contribution is 2.19. The maximum atomic E-state index is 12.3. The zero-order valence-corrected chi connectivity index (χ0v) is 14.9. The second-order valence-electron chi connectivity index (χ2n) is 5.40. The summed E-state index contributed by atoms with van der Waals surface area (Å²) in [5.41, 5.74) is 0.950. The number of halogens is 2. The van der Waals surface area contributed by atoms with Crippen molar-refractivity contribution in [3.05, 3.63) is 54.9 Å². The maximum Gasteiger partial charge on any atom is 0.387 e. The van der Waals surface area contributed by atoms with Crippen LogP contribution in [0.15, 0.2) is 59.8 Å². The third kappa shape index (κ3) is 4.85. The fourth-order valence-corrected chi connectivity index (χ4v) is 3.22. The largest absolute Gasteiger partial charge is 0.435 e. The van der Waals surface area contributed by atoms with Crippen LogP contribution in [0.2, 0.25) is 0 Å². The Hall–Kier alpha value is -3.41. The molecule has 0 aliphatic heterocycles. The van der Waals surface area contributed by atoms with Gasteiger partial charge in [0.05, 0.1) is 16.8 Å². The number of carbonyl (C=O) groups excluding carboxylic acids is 1. The van der Waals surface area contributed by atoms with Gasteiger partial charge in [-0.15, -0.1) is 5.10 Å². The molecule has 1 N–H and O–H groups in total. The van der Waals surface area contributed by atoms with Gasteiger partial charge in [0.15, 0.2) is 0 Å². The van der Waals surface area contributed by atoms with Crippen LogP contribution in [0.1, 0.15) is 0 Å². The molecule has 2 aromatic heterocycles. The summed E-state index contributed by atoms with van der Waals surface area (Å²) in [6, 6.07) is 9.60. The summed E-state index contributed by atoms with van der Waals surface area (Å²) in [6.45, 7) is -3.53. The number of nitrogens with one attached hydrogen (secondary N) is 1. The molecule has 0 aliphatic carbocycles. The molecule has 146 valence electrons. The van der Waals surface area contributed by atoms with Crippen molar-refractivity contribution < 1.29 is 26.7 Å². The van der Waals surface area contributed by atoms with E-state index in [2.05, 4.69) is 20.0 Å². The summed E-state index contributed by atoms with van der Waals surface area (Å²) < 4.78 is 56.2. The van der Waals surface area contributed by atoms with Crippen LogP contribution < -0.4 is 9.46 Å². The molecule has 3 aromatic rings. The lowest BCUT2D eigenvalue weighted by atomic mass is 10.3. The second-order valence-corrected chi connectivity index (χ2v) is 7.08. The molecular weight excluding hydrogens is 396 g/mol. The van der Waals surface area contributed by atoms with Crippen molar-refractivity contribution in [2.24, 2.45) is 0 Å². The van der Waals surface area contributed by atoms with E-state index in [4.69, 9.17) is 0 Å². The maximum absolute atomic E-state index is 12.3. The van der Waals surface area contributed by atoms with Gasteiger partial charge in [-0.25, -0.2) is 17.8 Å². The molecule has 2 heterocycles. The van der Waals surface area contributed by atoms with E-state index < -0.39 is 34.0 Å². The molecule has 3 rings (SSSR count). The number of alkyl halides is 2. The fourth-order valence-electron chi connectivity index (χ4n) is 2.21. The summed E-state index contributed by atoms with van der Waals surface area (Å²) in [6.07, 6.45) is 3.01. The summed E-state index contributed by atoms with van der Waals surface area (Å²) in [7, 11) is -4.28. The van der Waals surface area contributed by atoms with Crippen molar-refractivity contribution in [1.29, 1.82) is 0 Å². The Labute approximate surface area is 158 Å². The predicted molar refractivity (Wildman–Crippen MR) is 91.7 cm³/mol. The third-order valence-electron chi connectivity index (χ3n) is 3.36. The van der Waals surface area contributed by atoms with E-state index in [9.17, 15) is 22.0 Å². The number of sulfonamides is 1. The average Bonchev–Trinajstić information content (AvgIpc) is 3.10. The van der Waals surface area contributed by atoms with Gasteiger partial charge in [-0.2, -0.15) is 8.78 Å². The molecule has 9 nitrogen and oxygen atoms in total. The van der Waals surface area contributed by atoms with Gasteiger partial charge in [-0.3, -0.25) is 9.78 Å². The van der Waals surface area contributed by atoms with Gasteiger partial charge in [0.2, 0.25) is 0 Å². The topological polar surface area (TPSA) is 116 Å². The van der Waals surface area contributed by atoms with Crippen LogP contribution in [0.5, 0.6) is 5.75 Å². The van der Waals surface area contributed by atoms with Crippen molar-refractivity contribution in [3.63, 3.8) is 0 Å². The van der Waals surface area contributed by atoms with Crippen molar-refractivity contribution in [2.75, 3.05) is 0 Å². The van der Waals surface area contributed by atoms with Crippen LogP contribution in [-0.4, -0.2) is 40.9 Å². The Balaban J connectivity index is 1.68. The van der Waals surface area contributed by atoms with Crippen molar-refractivity contribution in [1.82, 2.24) is 24.7 Å². The Morgan fingerprint density at radius 3 is 2.71 bits per heavy atom. The number of amides is 1. The van der Waals surface area contributed by atoms with E-state index in [1.54, 1.807) is 24.4 Å². The minimum absolute atomic E-state index is 0.346. The molecule has 0 atom stereocenters. The van der Waals surface area contributed by atoms with Crippen LogP contribution in [0.4, 0.5) is 8.78 Å². The Morgan fingerprint density at radius 1 is 1.18 bits per heavy atom. The highest BCUT2D eigenvalue weighted by molar-refractivity contribution is 7.90. The van der Waals surface area contributed by atoms with Gasteiger partial charge in [0.1, 0.15) is 18.0 Å². The number of hydrogen-bond acceptors (Lipinski definition) is 7. The Bertz CT molecular complexity index is 1070. The van der Waals surface area contributed by atoms with Crippen molar-refractivity contribution in [2.45, 2.75) is 18.1 Å². The molecule has 0 saturated heterocycles. The first-order valence-corrected chi connectivity index (χ1v) is 9.24. The highest BCUT2D eigenvalue weighted by atomic mass is 32.2. The summed E-state index contributed by atoms with van der Waals surface area (Å²) in [5, 5.41) is 7.62. The lowest BCUT2D eigenvalue weighted by Crippen LogP contribution is -2.33. The smallest absolute Gasteiger partial charge is 0.387 e. The average molecular weight is 409 g/mol. The van der Waals surface area contributed by atoms with E-state index in [0.717, 1.165) is 16.8 Å². The standard InChI is InChI=1S/C16H13F2N5O4S/c17-16(18)27-11-4-3-5-12(8-11)28(25,26)21-15(24)10-23-9-14(20-22-23)13-6-1-2-7-19-13/h1-9,16H,10H2,(H,21,24). The summed E-state index contributed by atoms with van der Waals surface area (Å²) in [4.78, 5) is 15.8. The number of aromatic nitrogens is 4.